The summed E-state index contributed by atoms with van der Waals surface area (Å²) in [5.41, 5.74) is -0.860. The van der Waals surface area contributed by atoms with Crippen molar-refractivity contribution in [2.24, 2.45) is 11.8 Å². The summed E-state index contributed by atoms with van der Waals surface area (Å²) in [4.78, 5) is 11.6. The molecule has 106 valence electrons. The zero-order chi connectivity index (χ0) is 13.6. The highest BCUT2D eigenvalue weighted by Gasteiger charge is 2.51. The lowest BCUT2D eigenvalue weighted by molar-refractivity contribution is -0.149. The molecule has 1 rings (SSSR count). The van der Waals surface area contributed by atoms with Gasteiger partial charge in [-0.2, -0.15) is 0 Å². The molecule has 0 saturated heterocycles. The first-order valence-electron chi connectivity index (χ1n) is 7.13. The molecule has 4 nitrogen and oxygen atoms in total. The maximum absolute atomic E-state index is 11.6. The number of carboxylic acids is 1. The highest BCUT2D eigenvalue weighted by atomic mass is 16.5. The maximum atomic E-state index is 11.6. The van der Waals surface area contributed by atoms with Crippen molar-refractivity contribution in [2.45, 2.75) is 52.0 Å². The van der Waals surface area contributed by atoms with Gasteiger partial charge in [0.25, 0.3) is 0 Å². The summed E-state index contributed by atoms with van der Waals surface area (Å²) in [7, 11) is 0. The molecule has 0 aromatic heterocycles. The van der Waals surface area contributed by atoms with Gasteiger partial charge >= 0.3 is 5.97 Å². The highest BCUT2D eigenvalue weighted by Crippen LogP contribution is 2.40. The van der Waals surface area contributed by atoms with Gasteiger partial charge < -0.3 is 9.84 Å². The van der Waals surface area contributed by atoms with Crippen molar-refractivity contribution >= 4 is 5.97 Å². The number of carbonyl (C=O) groups is 1. The van der Waals surface area contributed by atoms with E-state index in [2.05, 4.69) is 19.2 Å². The first-order valence-corrected chi connectivity index (χ1v) is 7.13. The summed E-state index contributed by atoms with van der Waals surface area (Å²) >= 11 is 0. The molecule has 1 saturated carbocycles. The molecule has 1 fully saturated rings. The Bertz CT molecular complexity index is 266. The monoisotopic (exact) mass is 257 g/mol. The van der Waals surface area contributed by atoms with Gasteiger partial charge in [-0.15, -0.1) is 0 Å². The summed E-state index contributed by atoms with van der Waals surface area (Å²) in [6.07, 6.45) is 4.26. The minimum atomic E-state index is -0.860. The molecule has 0 aliphatic heterocycles. The van der Waals surface area contributed by atoms with Crippen LogP contribution in [0.5, 0.6) is 0 Å². The van der Waals surface area contributed by atoms with Crippen molar-refractivity contribution in [3.05, 3.63) is 0 Å². The quantitative estimate of drug-likeness (QED) is 0.630. The SMILES string of the molecule is CCCC(C)COCC(NCC)(C(=O)O)C1CC1. The van der Waals surface area contributed by atoms with Crippen LogP contribution in [0.15, 0.2) is 0 Å². The van der Waals surface area contributed by atoms with E-state index in [1.165, 1.54) is 0 Å². The topological polar surface area (TPSA) is 58.6 Å². The van der Waals surface area contributed by atoms with Crippen molar-refractivity contribution in [1.82, 2.24) is 5.32 Å². The fraction of sp³-hybridized carbons (Fsp3) is 0.929. The van der Waals surface area contributed by atoms with Crippen molar-refractivity contribution in [3.8, 4) is 0 Å². The van der Waals surface area contributed by atoms with E-state index in [4.69, 9.17) is 4.74 Å². The van der Waals surface area contributed by atoms with E-state index >= 15 is 0 Å². The molecule has 4 heteroatoms. The van der Waals surface area contributed by atoms with Gasteiger partial charge in [0.15, 0.2) is 0 Å². The largest absolute Gasteiger partial charge is 0.480 e. The lowest BCUT2D eigenvalue weighted by Crippen LogP contribution is -2.57. The van der Waals surface area contributed by atoms with E-state index < -0.39 is 11.5 Å². The molecule has 0 bridgehead atoms. The predicted octanol–water partition coefficient (Wildman–Crippen LogP) is 2.28. The minimum Gasteiger partial charge on any atom is -0.480 e. The normalized spacial score (nSPS) is 20.4. The van der Waals surface area contributed by atoms with Crippen LogP contribution >= 0.6 is 0 Å². The van der Waals surface area contributed by atoms with Gasteiger partial charge in [0, 0.05) is 6.61 Å². The Morgan fingerprint density at radius 2 is 2.17 bits per heavy atom. The molecular weight excluding hydrogens is 230 g/mol. The zero-order valence-electron chi connectivity index (χ0n) is 11.9. The second kappa shape index (κ2) is 7.10. The third-order valence-electron chi connectivity index (χ3n) is 3.66. The van der Waals surface area contributed by atoms with Gasteiger partial charge in [0.1, 0.15) is 5.54 Å². The fourth-order valence-electron chi connectivity index (χ4n) is 2.51. The van der Waals surface area contributed by atoms with Crippen molar-refractivity contribution in [2.75, 3.05) is 19.8 Å². The predicted molar refractivity (Wildman–Crippen MR) is 71.7 cm³/mol. The Kier molecular flexibility index (Phi) is 6.09. The lowest BCUT2D eigenvalue weighted by atomic mass is 9.94. The van der Waals surface area contributed by atoms with Crippen LogP contribution in [0.3, 0.4) is 0 Å². The Labute approximate surface area is 110 Å². The Balaban J connectivity index is 2.48. The summed E-state index contributed by atoms with van der Waals surface area (Å²) in [5, 5.41) is 12.6. The number of aliphatic carboxylic acids is 1. The maximum Gasteiger partial charge on any atom is 0.326 e. The third kappa shape index (κ3) is 3.95. The van der Waals surface area contributed by atoms with E-state index in [-0.39, 0.29) is 12.5 Å². The van der Waals surface area contributed by atoms with Crippen molar-refractivity contribution < 1.29 is 14.6 Å². The van der Waals surface area contributed by atoms with Crippen LogP contribution in [0.2, 0.25) is 0 Å². The highest BCUT2D eigenvalue weighted by molar-refractivity contribution is 5.80. The van der Waals surface area contributed by atoms with E-state index in [9.17, 15) is 9.90 Å². The van der Waals surface area contributed by atoms with Gasteiger partial charge in [-0.05, 0) is 37.6 Å². The summed E-state index contributed by atoms with van der Waals surface area (Å²) in [6.45, 7) is 7.85. The molecule has 0 amide bonds. The first kappa shape index (κ1) is 15.4. The Morgan fingerprint density at radius 1 is 1.50 bits per heavy atom. The van der Waals surface area contributed by atoms with Crippen LogP contribution in [-0.4, -0.2) is 36.4 Å². The van der Waals surface area contributed by atoms with Gasteiger partial charge in [-0.25, -0.2) is 0 Å². The molecule has 0 aromatic carbocycles. The van der Waals surface area contributed by atoms with Crippen LogP contribution in [-0.2, 0) is 9.53 Å². The van der Waals surface area contributed by atoms with Gasteiger partial charge in [-0.1, -0.05) is 27.2 Å². The van der Waals surface area contributed by atoms with E-state index in [1.54, 1.807) is 0 Å². The number of nitrogens with one attached hydrogen (secondary N) is 1. The lowest BCUT2D eigenvalue weighted by Gasteiger charge is -2.30. The Hall–Kier alpha value is -0.610. The van der Waals surface area contributed by atoms with Crippen LogP contribution in [0.4, 0.5) is 0 Å². The number of carboxylic acid groups (broad SMARTS) is 1. The number of hydrogen-bond donors (Lipinski definition) is 2. The van der Waals surface area contributed by atoms with Crippen LogP contribution < -0.4 is 5.32 Å². The van der Waals surface area contributed by atoms with E-state index in [0.29, 0.717) is 19.1 Å². The first-order chi connectivity index (χ1) is 8.56. The number of likely N-dealkylation sites (N-methyl/N-ethyl adjacent to an activating group) is 1. The average molecular weight is 257 g/mol. The minimum absolute atomic E-state index is 0.233. The van der Waals surface area contributed by atoms with Crippen LogP contribution in [0.1, 0.15) is 46.5 Å². The summed E-state index contributed by atoms with van der Waals surface area (Å²) in [5.74, 6) is -0.0336. The number of rotatable bonds is 10. The summed E-state index contributed by atoms with van der Waals surface area (Å²) < 4.78 is 5.69. The van der Waals surface area contributed by atoms with Gasteiger partial charge in [-0.3, -0.25) is 10.1 Å². The van der Waals surface area contributed by atoms with Crippen LogP contribution in [0, 0.1) is 11.8 Å². The second-order valence-electron chi connectivity index (χ2n) is 5.49. The molecule has 2 atom stereocenters. The molecule has 0 radical (unpaired) electrons. The molecule has 0 heterocycles. The zero-order valence-corrected chi connectivity index (χ0v) is 11.9. The van der Waals surface area contributed by atoms with Crippen LogP contribution in [0.25, 0.3) is 0 Å². The average Bonchev–Trinajstić information content (AvgIpc) is 3.12. The fourth-order valence-corrected chi connectivity index (χ4v) is 2.51. The van der Waals surface area contributed by atoms with E-state index in [1.807, 2.05) is 6.92 Å². The van der Waals surface area contributed by atoms with Crippen molar-refractivity contribution in [3.63, 3.8) is 0 Å². The third-order valence-corrected chi connectivity index (χ3v) is 3.66. The second-order valence-corrected chi connectivity index (χ2v) is 5.49. The summed E-state index contributed by atoms with van der Waals surface area (Å²) in [6, 6.07) is 0. The molecule has 1 aliphatic rings. The smallest absolute Gasteiger partial charge is 0.326 e. The van der Waals surface area contributed by atoms with Gasteiger partial charge in [0.05, 0.1) is 6.61 Å². The molecule has 0 aromatic rings. The molecule has 2 unspecified atom stereocenters. The molecule has 0 spiro atoms. The molecule has 1 aliphatic carbocycles. The number of hydrogen-bond acceptors (Lipinski definition) is 3. The van der Waals surface area contributed by atoms with E-state index in [0.717, 1.165) is 25.7 Å². The standard InChI is InChI=1S/C14H27NO3/c1-4-6-11(3)9-18-10-14(13(16)17,15-5-2)12-7-8-12/h11-12,15H,4-10H2,1-3H3,(H,16,17). The molecule has 18 heavy (non-hydrogen) atoms. The van der Waals surface area contributed by atoms with Gasteiger partial charge in [0.2, 0.25) is 0 Å². The Morgan fingerprint density at radius 3 is 2.61 bits per heavy atom. The van der Waals surface area contributed by atoms with Crippen molar-refractivity contribution in [1.29, 1.82) is 0 Å². The molecular formula is C14H27NO3. The molecule has 2 N–H and O–H groups in total. The number of ether oxygens (including phenoxy) is 1.